The third kappa shape index (κ3) is 2.41. The molecule has 3 rings (SSSR count). The fourth-order valence-electron chi connectivity index (χ4n) is 2.35. The van der Waals surface area contributed by atoms with E-state index < -0.39 is 5.60 Å². The maximum atomic E-state index is 10.1. The first-order valence-corrected chi connectivity index (χ1v) is 6.59. The minimum Gasteiger partial charge on any atom is -0.383 e. The van der Waals surface area contributed by atoms with Gasteiger partial charge in [0.1, 0.15) is 11.3 Å². The van der Waals surface area contributed by atoms with Crippen molar-refractivity contribution >= 4 is 0 Å². The largest absolute Gasteiger partial charge is 0.383 e. The van der Waals surface area contributed by atoms with Gasteiger partial charge in [-0.2, -0.15) is 0 Å². The standard InChI is InChI=1S/C12H19N3O3/c16-12(3-1-4-12)11-8-15(14-13-11)5-7-18-10-2-6-17-9-10/h8,10,16H,1-7,9H2. The normalized spacial score (nSPS) is 26.2. The fraction of sp³-hybridized carbons (Fsp3) is 0.833. The van der Waals surface area contributed by atoms with E-state index in [2.05, 4.69) is 10.3 Å². The van der Waals surface area contributed by atoms with Crippen molar-refractivity contribution < 1.29 is 14.6 Å². The molecule has 1 aromatic rings. The van der Waals surface area contributed by atoms with Crippen molar-refractivity contribution in [3.8, 4) is 0 Å². The van der Waals surface area contributed by atoms with Gasteiger partial charge in [-0.15, -0.1) is 5.10 Å². The van der Waals surface area contributed by atoms with Crippen molar-refractivity contribution in [3.05, 3.63) is 11.9 Å². The molecule has 6 heteroatoms. The van der Waals surface area contributed by atoms with E-state index in [0.717, 1.165) is 32.3 Å². The summed E-state index contributed by atoms with van der Waals surface area (Å²) in [5.74, 6) is 0. The van der Waals surface area contributed by atoms with Gasteiger partial charge in [-0.3, -0.25) is 0 Å². The molecule has 1 unspecified atom stereocenters. The van der Waals surface area contributed by atoms with Crippen LogP contribution in [0.15, 0.2) is 6.20 Å². The van der Waals surface area contributed by atoms with E-state index in [1.165, 1.54) is 0 Å². The number of hydrogen-bond acceptors (Lipinski definition) is 5. The molecule has 1 atom stereocenters. The highest BCUT2D eigenvalue weighted by molar-refractivity contribution is 5.10. The van der Waals surface area contributed by atoms with Crippen molar-refractivity contribution in [2.24, 2.45) is 0 Å². The second kappa shape index (κ2) is 4.95. The molecule has 0 aromatic carbocycles. The van der Waals surface area contributed by atoms with Crippen LogP contribution in [-0.4, -0.2) is 46.0 Å². The average molecular weight is 253 g/mol. The zero-order chi connectivity index (χ0) is 12.4. The number of aromatic nitrogens is 3. The smallest absolute Gasteiger partial charge is 0.114 e. The molecule has 2 heterocycles. The number of rotatable bonds is 5. The molecule has 0 radical (unpaired) electrons. The van der Waals surface area contributed by atoms with E-state index in [1.54, 1.807) is 4.68 Å². The third-order valence-corrected chi connectivity index (χ3v) is 3.76. The lowest BCUT2D eigenvalue weighted by Gasteiger charge is -2.34. The molecule has 0 spiro atoms. The minimum atomic E-state index is -0.724. The molecule has 1 aliphatic heterocycles. The lowest BCUT2D eigenvalue weighted by molar-refractivity contribution is -0.0427. The van der Waals surface area contributed by atoms with Gasteiger partial charge < -0.3 is 14.6 Å². The SMILES string of the molecule is OC1(c2cn(CCOC3CCOC3)nn2)CCC1. The summed E-state index contributed by atoms with van der Waals surface area (Å²) in [5, 5.41) is 18.2. The van der Waals surface area contributed by atoms with E-state index in [1.807, 2.05) is 6.20 Å². The Balaban J connectivity index is 1.47. The number of ether oxygens (including phenoxy) is 2. The molecule has 2 aliphatic rings. The molecule has 6 nitrogen and oxygen atoms in total. The molecule has 0 bridgehead atoms. The van der Waals surface area contributed by atoms with Gasteiger partial charge in [0, 0.05) is 6.61 Å². The van der Waals surface area contributed by atoms with Crippen molar-refractivity contribution in [3.63, 3.8) is 0 Å². The van der Waals surface area contributed by atoms with Gasteiger partial charge in [0.05, 0.1) is 32.1 Å². The van der Waals surface area contributed by atoms with E-state index in [9.17, 15) is 5.11 Å². The van der Waals surface area contributed by atoms with Crippen LogP contribution in [-0.2, 0) is 21.6 Å². The maximum Gasteiger partial charge on any atom is 0.114 e. The van der Waals surface area contributed by atoms with Crippen LogP contribution < -0.4 is 0 Å². The summed E-state index contributed by atoms with van der Waals surface area (Å²) in [4.78, 5) is 0. The van der Waals surface area contributed by atoms with Gasteiger partial charge in [0.2, 0.25) is 0 Å². The first-order chi connectivity index (χ1) is 8.76. The van der Waals surface area contributed by atoms with Gasteiger partial charge in [-0.25, -0.2) is 4.68 Å². The zero-order valence-corrected chi connectivity index (χ0v) is 10.4. The fourth-order valence-corrected chi connectivity index (χ4v) is 2.35. The van der Waals surface area contributed by atoms with Crippen LogP contribution in [0.2, 0.25) is 0 Å². The zero-order valence-electron chi connectivity index (χ0n) is 10.4. The molecular formula is C12H19N3O3. The Bertz CT molecular complexity index is 397. The van der Waals surface area contributed by atoms with Crippen molar-refractivity contribution in [1.29, 1.82) is 0 Å². The Labute approximate surface area is 106 Å². The highest BCUT2D eigenvalue weighted by Crippen LogP contribution is 2.39. The van der Waals surface area contributed by atoms with Crippen LogP contribution in [0.3, 0.4) is 0 Å². The number of aliphatic hydroxyl groups is 1. The lowest BCUT2D eigenvalue weighted by Crippen LogP contribution is -2.34. The second-order valence-electron chi connectivity index (χ2n) is 5.11. The Morgan fingerprint density at radius 1 is 1.56 bits per heavy atom. The molecule has 1 N–H and O–H groups in total. The molecule has 18 heavy (non-hydrogen) atoms. The van der Waals surface area contributed by atoms with Crippen LogP contribution in [0, 0.1) is 0 Å². The topological polar surface area (TPSA) is 69.4 Å². The van der Waals surface area contributed by atoms with E-state index in [4.69, 9.17) is 9.47 Å². The summed E-state index contributed by atoms with van der Waals surface area (Å²) in [6, 6.07) is 0. The average Bonchev–Trinajstić information content (AvgIpc) is 2.97. The molecule has 100 valence electrons. The Hall–Kier alpha value is -0.980. The van der Waals surface area contributed by atoms with Gasteiger partial charge in [-0.1, -0.05) is 5.21 Å². The van der Waals surface area contributed by atoms with Gasteiger partial charge in [0.25, 0.3) is 0 Å². The number of hydrogen-bond donors (Lipinski definition) is 1. The van der Waals surface area contributed by atoms with Crippen LogP contribution in [0.5, 0.6) is 0 Å². The third-order valence-electron chi connectivity index (χ3n) is 3.76. The summed E-state index contributed by atoms with van der Waals surface area (Å²) in [6.45, 7) is 2.77. The summed E-state index contributed by atoms with van der Waals surface area (Å²) in [5.41, 5.74) is -0.0313. The van der Waals surface area contributed by atoms with Gasteiger partial charge in [0.15, 0.2) is 0 Å². The Kier molecular flexibility index (Phi) is 3.32. The molecule has 1 saturated heterocycles. The summed E-state index contributed by atoms with van der Waals surface area (Å²) in [7, 11) is 0. The summed E-state index contributed by atoms with van der Waals surface area (Å²) >= 11 is 0. The second-order valence-corrected chi connectivity index (χ2v) is 5.11. The Morgan fingerprint density at radius 2 is 2.44 bits per heavy atom. The van der Waals surface area contributed by atoms with Crippen LogP contribution >= 0.6 is 0 Å². The summed E-state index contributed by atoms with van der Waals surface area (Å²) in [6.07, 6.45) is 5.68. The highest BCUT2D eigenvalue weighted by atomic mass is 16.5. The van der Waals surface area contributed by atoms with Crippen LogP contribution in [0.25, 0.3) is 0 Å². The van der Waals surface area contributed by atoms with E-state index >= 15 is 0 Å². The predicted molar refractivity (Wildman–Crippen MR) is 62.9 cm³/mol. The molecule has 1 aromatic heterocycles. The first kappa shape index (κ1) is 12.1. The maximum absolute atomic E-state index is 10.1. The van der Waals surface area contributed by atoms with E-state index in [-0.39, 0.29) is 6.10 Å². The van der Waals surface area contributed by atoms with Gasteiger partial charge >= 0.3 is 0 Å². The van der Waals surface area contributed by atoms with Crippen LogP contribution in [0.4, 0.5) is 0 Å². The number of nitrogens with zero attached hydrogens (tertiary/aromatic N) is 3. The molecule has 2 fully saturated rings. The quantitative estimate of drug-likeness (QED) is 0.825. The molecule has 0 amide bonds. The first-order valence-electron chi connectivity index (χ1n) is 6.59. The van der Waals surface area contributed by atoms with Crippen molar-refractivity contribution in [2.75, 3.05) is 19.8 Å². The van der Waals surface area contributed by atoms with E-state index in [0.29, 0.717) is 25.5 Å². The van der Waals surface area contributed by atoms with Gasteiger partial charge in [-0.05, 0) is 25.7 Å². The monoisotopic (exact) mass is 253 g/mol. The highest BCUT2D eigenvalue weighted by Gasteiger charge is 2.38. The Morgan fingerprint density at radius 3 is 3.11 bits per heavy atom. The molecular weight excluding hydrogens is 234 g/mol. The van der Waals surface area contributed by atoms with Crippen LogP contribution in [0.1, 0.15) is 31.4 Å². The molecule has 1 aliphatic carbocycles. The van der Waals surface area contributed by atoms with Crippen molar-refractivity contribution in [2.45, 2.75) is 43.9 Å². The lowest BCUT2D eigenvalue weighted by atomic mass is 9.78. The predicted octanol–water partition coefficient (Wildman–Crippen LogP) is 0.455. The van der Waals surface area contributed by atoms with Crippen molar-refractivity contribution in [1.82, 2.24) is 15.0 Å². The summed E-state index contributed by atoms with van der Waals surface area (Å²) < 4.78 is 12.6. The molecule has 1 saturated carbocycles. The minimum absolute atomic E-state index is 0.226.